The van der Waals surface area contributed by atoms with Crippen LogP contribution in [-0.2, 0) is 5.75 Å². The number of halogens is 1. The van der Waals surface area contributed by atoms with Crippen molar-refractivity contribution in [2.75, 3.05) is 7.05 Å². The Hall–Kier alpha value is -1.83. The molecule has 0 unspecified atom stereocenters. The fourth-order valence-electron chi connectivity index (χ4n) is 2.11. The Morgan fingerprint density at radius 2 is 2.17 bits per heavy atom. The number of H-pyrrole nitrogens is 1. The molecule has 0 aliphatic carbocycles. The lowest BCUT2D eigenvalue weighted by molar-refractivity contribution is 1.05. The van der Waals surface area contributed by atoms with Gasteiger partial charge in [0, 0.05) is 23.0 Å². The number of benzene rings is 1. The molecular weight excluding hydrogens is 352 g/mol. The van der Waals surface area contributed by atoms with Crippen LogP contribution in [0.4, 0.5) is 0 Å². The van der Waals surface area contributed by atoms with Crippen LogP contribution >= 0.6 is 34.7 Å². The summed E-state index contributed by atoms with van der Waals surface area (Å²) in [7, 11) is 1.62. The zero-order valence-electron chi connectivity index (χ0n) is 12.2. The van der Waals surface area contributed by atoms with Crippen LogP contribution in [0.2, 0.25) is 5.02 Å². The van der Waals surface area contributed by atoms with Gasteiger partial charge in [-0.25, -0.2) is 4.98 Å². The van der Waals surface area contributed by atoms with Gasteiger partial charge in [-0.1, -0.05) is 35.5 Å². The number of aromatic nitrogens is 2. The van der Waals surface area contributed by atoms with Crippen molar-refractivity contribution in [2.45, 2.75) is 5.75 Å². The van der Waals surface area contributed by atoms with Crippen molar-refractivity contribution in [1.82, 2.24) is 9.97 Å². The lowest BCUT2D eigenvalue weighted by Crippen LogP contribution is -2.12. The highest BCUT2D eigenvalue weighted by Crippen LogP contribution is 2.31. The van der Waals surface area contributed by atoms with Gasteiger partial charge in [-0.15, -0.1) is 11.3 Å². The minimum Gasteiger partial charge on any atom is -0.379 e. The smallest absolute Gasteiger partial charge is 0.260 e. The van der Waals surface area contributed by atoms with Crippen LogP contribution < -0.4 is 11.3 Å². The van der Waals surface area contributed by atoms with Crippen LogP contribution in [-0.4, -0.2) is 22.2 Å². The Morgan fingerprint density at radius 1 is 1.43 bits per heavy atom. The van der Waals surface area contributed by atoms with Gasteiger partial charge in [0.2, 0.25) is 0 Å². The third-order valence-corrected chi connectivity index (χ3v) is 5.25. The number of thiophene rings is 1. The first-order valence-corrected chi connectivity index (χ1v) is 8.94. The summed E-state index contributed by atoms with van der Waals surface area (Å²) in [6.07, 6.45) is 0. The van der Waals surface area contributed by atoms with Crippen LogP contribution in [0.3, 0.4) is 0 Å². The molecule has 0 atom stereocenters. The van der Waals surface area contributed by atoms with Crippen LogP contribution in [0.15, 0.2) is 39.4 Å². The molecule has 3 N–H and O–H groups in total. The second-order valence-electron chi connectivity index (χ2n) is 4.70. The molecule has 0 spiro atoms. The molecule has 0 saturated heterocycles. The maximum absolute atomic E-state index is 12.5. The number of rotatable bonds is 3. The molecular formula is C15H13ClN4OS2. The Kier molecular flexibility index (Phi) is 4.70. The highest BCUT2D eigenvalue weighted by atomic mass is 35.5. The van der Waals surface area contributed by atoms with E-state index in [9.17, 15) is 4.79 Å². The molecule has 2 heterocycles. The predicted octanol–water partition coefficient (Wildman–Crippen LogP) is 3.48. The average Bonchev–Trinajstić information content (AvgIpc) is 2.98. The zero-order chi connectivity index (χ0) is 16.4. The Balaban J connectivity index is 2.01. The molecule has 0 amide bonds. The molecule has 23 heavy (non-hydrogen) atoms. The molecule has 8 heteroatoms. The summed E-state index contributed by atoms with van der Waals surface area (Å²) in [6, 6.07) is 7.40. The number of thioether (sulfide) groups is 1. The van der Waals surface area contributed by atoms with Crippen LogP contribution in [0.1, 0.15) is 5.82 Å². The van der Waals surface area contributed by atoms with E-state index < -0.39 is 0 Å². The number of nitrogens with two attached hydrogens (primary N) is 1. The number of hydrogen-bond acceptors (Lipinski definition) is 5. The normalized spacial score (nSPS) is 12.0. The van der Waals surface area contributed by atoms with E-state index in [2.05, 4.69) is 15.0 Å². The Morgan fingerprint density at radius 3 is 2.87 bits per heavy atom. The van der Waals surface area contributed by atoms with Gasteiger partial charge in [0.25, 0.3) is 5.56 Å². The third-order valence-electron chi connectivity index (χ3n) is 3.23. The number of hydrogen-bond donors (Lipinski definition) is 2. The molecule has 5 nitrogen and oxygen atoms in total. The fraction of sp³-hybridized carbons (Fsp3) is 0.133. The monoisotopic (exact) mass is 364 g/mol. The maximum Gasteiger partial charge on any atom is 0.260 e. The van der Waals surface area contributed by atoms with Gasteiger partial charge in [-0.05, 0) is 17.7 Å². The van der Waals surface area contributed by atoms with Crippen molar-refractivity contribution in [3.8, 4) is 11.1 Å². The minimum atomic E-state index is -0.149. The number of amidine groups is 1. The van der Waals surface area contributed by atoms with Crippen molar-refractivity contribution in [1.29, 1.82) is 0 Å². The Labute approximate surface area is 145 Å². The first kappa shape index (κ1) is 16.0. The lowest BCUT2D eigenvalue weighted by Gasteiger charge is -2.02. The molecule has 0 bridgehead atoms. The van der Waals surface area contributed by atoms with E-state index in [1.807, 2.05) is 17.5 Å². The average molecular weight is 365 g/mol. The van der Waals surface area contributed by atoms with E-state index in [0.717, 1.165) is 11.1 Å². The molecule has 2 aromatic heterocycles. The van der Waals surface area contributed by atoms with Crippen molar-refractivity contribution in [2.24, 2.45) is 10.7 Å². The SMILES string of the molecule is CN=C(N)SCc1nc2scc(-c3ccc(Cl)cc3)c2c(=O)[nH]1. The molecule has 0 radical (unpaired) electrons. The van der Waals surface area contributed by atoms with E-state index >= 15 is 0 Å². The van der Waals surface area contributed by atoms with Crippen LogP contribution in [0.5, 0.6) is 0 Å². The molecule has 0 saturated carbocycles. The molecule has 118 valence electrons. The molecule has 1 aromatic carbocycles. The van der Waals surface area contributed by atoms with E-state index in [1.165, 1.54) is 23.1 Å². The van der Waals surface area contributed by atoms with Gasteiger partial charge in [0.15, 0.2) is 5.17 Å². The summed E-state index contributed by atoms with van der Waals surface area (Å²) >= 11 is 8.70. The minimum absolute atomic E-state index is 0.149. The molecule has 3 rings (SSSR count). The van der Waals surface area contributed by atoms with E-state index in [1.54, 1.807) is 19.2 Å². The van der Waals surface area contributed by atoms with Gasteiger partial charge >= 0.3 is 0 Å². The van der Waals surface area contributed by atoms with Crippen molar-refractivity contribution in [3.05, 3.63) is 50.8 Å². The van der Waals surface area contributed by atoms with Crippen LogP contribution in [0, 0.1) is 0 Å². The van der Waals surface area contributed by atoms with Gasteiger partial charge in [-0.3, -0.25) is 9.79 Å². The molecule has 0 aliphatic heterocycles. The quantitative estimate of drug-likeness (QED) is 0.550. The summed E-state index contributed by atoms with van der Waals surface area (Å²) in [5.41, 5.74) is 7.31. The first-order chi connectivity index (χ1) is 11.1. The largest absolute Gasteiger partial charge is 0.379 e. The predicted molar refractivity (Wildman–Crippen MR) is 99.5 cm³/mol. The van der Waals surface area contributed by atoms with E-state index in [-0.39, 0.29) is 5.56 Å². The highest BCUT2D eigenvalue weighted by molar-refractivity contribution is 8.13. The second-order valence-corrected chi connectivity index (χ2v) is 6.99. The lowest BCUT2D eigenvalue weighted by atomic mass is 10.1. The molecule has 3 aromatic rings. The number of aliphatic imine (C=N–C) groups is 1. The summed E-state index contributed by atoms with van der Waals surface area (Å²) in [4.78, 5) is 24.4. The maximum atomic E-state index is 12.5. The number of nitrogens with zero attached hydrogens (tertiary/aromatic N) is 2. The summed E-state index contributed by atoms with van der Waals surface area (Å²) in [5.74, 6) is 1.06. The van der Waals surface area contributed by atoms with Crippen molar-refractivity contribution >= 4 is 50.1 Å². The van der Waals surface area contributed by atoms with Crippen molar-refractivity contribution < 1.29 is 0 Å². The number of aromatic amines is 1. The van der Waals surface area contributed by atoms with Gasteiger partial charge < -0.3 is 10.7 Å². The summed E-state index contributed by atoms with van der Waals surface area (Å²) in [6.45, 7) is 0. The zero-order valence-corrected chi connectivity index (χ0v) is 14.6. The van der Waals surface area contributed by atoms with Gasteiger partial charge in [-0.2, -0.15) is 0 Å². The van der Waals surface area contributed by atoms with Gasteiger partial charge in [0.1, 0.15) is 10.7 Å². The first-order valence-electron chi connectivity index (χ1n) is 6.70. The second kappa shape index (κ2) is 6.74. The Bertz CT molecular complexity index is 931. The highest BCUT2D eigenvalue weighted by Gasteiger charge is 2.13. The van der Waals surface area contributed by atoms with E-state index in [0.29, 0.717) is 32.0 Å². The van der Waals surface area contributed by atoms with Gasteiger partial charge in [0.05, 0.1) is 11.1 Å². The number of fused-ring (bicyclic) bond motifs is 1. The van der Waals surface area contributed by atoms with E-state index in [4.69, 9.17) is 17.3 Å². The van der Waals surface area contributed by atoms with Crippen molar-refractivity contribution in [3.63, 3.8) is 0 Å². The fourth-order valence-corrected chi connectivity index (χ4v) is 3.75. The molecule has 0 aliphatic rings. The summed E-state index contributed by atoms with van der Waals surface area (Å²) < 4.78 is 0. The van der Waals surface area contributed by atoms with Crippen LogP contribution in [0.25, 0.3) is 21.3 Å². The topological polar surface area (TPSA) is 84.1 Å². The third kappa shape index (κ3) is 3.41. The molecule has 0 fully saturated rings. The number of nitrogens with one attached hydrogen (secondary N) is 1. The summed E-state index contributed by atoms with van der Waals surface area (Å²) in [5, 5.41) is 3.66. The standard InChI is InChI=1S/C15H13ClN4OS2/c1-18-15(17)23-7-11-19-13(21)12-10(6-22-14(12)20-11)8-2-4-9(16)5-3-8/h2-6H,7H2,1H3,(H2,17,18)(H,19,20,21).